The standard InChI is InChI=1S/C18H21N3O4/c1-4-13(2)25-18-14(6-5-7-17(18)24-3)12-19-20-15-8-10-16(11-9-15)21(22)23/h5-13,20H,4H2,1-3H3/b19-12+/t13-/m1/s1. The molecule has 1 atom stereocenters. The van der Waals surface area contributed by atoms with E-state index in [-0.39, 0.29) is 11.8 Å². The number of hydrogen-bond acceptors (Lipinski definition) is 6. The van der Waals surface area contributed by atoms with E-state index in [4.69, 9.17) is 9.47 Å². The zero-order chi connectivity index (χ0) is 18.2. The molecule has 0 spiro atoms. The van der Waals surface area contributed by atoms with Crippen LogP contribution in [0.3, 0.4) is 0 Å². The van der Waals surface area contributed by atoms with Crippen LogP contribution >= 0.6 is 0 Å². The maximum atomic E-state index is 10.7. The van der Waals surface area contributed by atoms with E-state index in [2.05, 4.69) is 10.5 Å². The lowest BCUT2D eigenvalue weighted by atomic mass is 10.2. The molecule has 2 aromatic rings. The molecule has 7 nitrogen and oxygen atoms in total. The molecule has 0 fully saturated rings. The number of nitro benzene ring substituents is 1. The first-order chi connectivity index (χ1) is 12.0. The maximum absolute atomic E-state index is 10.7. The molecule has 0 unspecified atom stereocenters. The Bertz CT molecular complexity index is 744. The SMILES string of the molecule is CC[C@@H](C)Oc1c(/C=N/Nc2ccc([N+](=O)[O-])cc2)cccc1OC. The lowest BCUT2D eigenvalue weighted by Gasteiger charge is -2.17. The van der Waals surface area contributed by atoms with Crippen molar-refractivity contribution >= 4 is 17.6 Å². The van der Waals surface area contributed by atoms with Crippen molar-refractivity contribution in [1.82, 2.24) is 0 Å². The molecule has 7 heteroatoms. The first-order valence-corrected chi connectivity index (χ1v) is 7.92. The van der Waals surface area contributed by atoms with Crippen molar-refractivity contribution in [2.45, 2.75) is 26.4 Å². The number of benzene rings is 2. The van der Waals surface area contributed by atoms with Gasteiger partial charge in [-0.2, -0.15) is 5.10 Å². The fourth-order valence-corrected chi connectivity index (χ4v) is 2.04. The minimum absolute atomic E-state index is 0.0339. The summed E-state index contributed by atoms with van der Waals surface area (Å²) in [7, 11) is 1.59. The van der Waals surface area contributed by atoms with Crippen molar-refractivity contribution in [2.75, 3.05) is 12.5 Å². The summed E-state index contributed by atoms with van der Waals surface area (Å²) in [6.45, 7) is 4.03. The fraction of sp³-hybridized carbons (Fsp3) is 0.278. The topological polar surface area (TPSA) is 86.0 Å². The van der Waals surface area contributed by atoms with Crippen LogP contribution in [0.2, 0.25) is 0 Å². The number of hydrogen-bond donors (Lipinski definition) is 1. The Kier molecular flexibility index (Phi) is 6.33. The highest BCUT2D eigenvalue weighted by atomic mass is 16.6. The number of rotatable bonds is 8. The van der Waals surface area contributed by atoms with E-state index < -0.39 is 4.92 Å². The molecule has 25 heavy (non-hydrogen) atoms. The van der Waals surface area contributed by atoms with Gasteiger partial charge in [-0.3, -0.25) is 15.5 Å². The molecule has 0 saturated carbocycles. The Morgan fingerprint density at radius 3 is 2.60 bits per heavy atom. The van der Waals surface area contributed by atoms with E-state index in [0.717, 1.165) is 12.0 Å². The van der Waals surface area contributed by atoms with E-state index in [1.165, 1.54) is 12.1 Å². The summed E-state index contributed by atoms with van der Waals surface area (Å²) in [4.78, 5) is 10.2. The number of nitrogens with zero attached hydrogens (tertiary/aromatic N) is 2. The Balaban J connectivity index is 2.15. The van der Waals surface area contributed by atoms with Gasteiger partial charge < -0.3 is 9.47 Å². The molecular weight excluding hydrogens is 322 g/mol. The van der Waals surface area contributed by atoms with Crippen LogP contribution in [-0.2, 0) is 0 Å². The van der Waals surface area contributed by atoms with Gasteiger partial charge in [0.2, 0.25) is 0 Å². The second kappa shape index (κ2) is 8.68. The monoisotopic (exact) mass is 343 g/mol. The second-order valence-electron chi connectivity index (χ2n) is 5.39. The van der Waals surface area contributed by atoms with Gasteiger partial charge >= 0.3 is 0 Å². The molecule has 0 saturated heterocycles. The Hall–Kier alpha value is -3.09. The number of non-ortho nitro benzene ring substituents is 1. The third kappa shape index (κ3) is 4.94. The molecule has 2 rings (SSSR count). The molecule has 1 N–H and O–H groups in total. The van der Waals surface area contributed by atoms with Crippen LogP contribution in [0.25, 0.3) is 0 Å². The molecule has 0 bridgehead atoms. The first-order valence-electron chi connectivity index (χ1n) is 7.92. The van der Waals surface area contributed by atoms with Crippen molar-refractivity contribution in [3.8, 4) is 11.5 Å². The molecule has 0 aromatic heterocycles. The lowest BCUT2D eigenvalue weighted by Crippen LogP contribution is -2.12. The third-order valence-electron chi connectivity index (χ3n) is 3.60. The van der Waals surface area contributed by atoms with Gasteiger partial charge in [0, 0.05) is 17.7 Å². The van der Waals surface area contributed by atoms with Gasteiger partial charge in [-0.1, -0.05) is 13.0 Å². The van der Waals surface area contributed by atoms with E-state index >= 15 is 0 Å². The number of anilines is 1. The minimum Gasteiger partial charge on any atom is -0.493 e. The van der Waals surface area contributed by atoms with Crippen molar-refractivity contribution < 1.29 is 14.4 Å². The normalized spacial score (nSPS) is 12.0. The Morgan fingerprint density at radius 2 is 2.00 bits per heavy atom. The highest BCUT2D eigenvalue weighted by Crippen LogP contribution is 2.31. The van der Waals surface area contributed by atoms with Gasteiger partial charge in [0.05, 0.1) is 30.0 Å². The zero-order valence-electron chi connectivity index (χ0n) is 14.4. The average Bonchev–Trinajstić information content (AvgIpc) is 2.63. The molecular formula is C18H21N3O4. The molecule has 0 heterocycles. The molecule has 2 aromatic carbocycles. The molecule has 0 aliphatic heterocycles. The minimum atomic E-state index is -0.443. The summed E-state index contributed by atoms with van der Waals surface area (Å²) < 4.78 is 11.3. The third-order valence-corrected chi connectivity index (χ3v) is 3.60. The van der Waals surface area contributed by atoms with E-state index in [1.807, 2.05) is 32.0 Å². The van der Waals surface area contributed by atoms with Crippen LogP contribution < -0.4 is 14.9 Å². The molecule has 132 valence electrons. The molecule has 0 amide bonds. The van der Waals surface area contributed by atoms with Crippen molar-refractivity contribution in [3.05, 3.63) is 58.1 Å². The molecule has 0 aliphatic carbocycles. The van der Waals surface area contributed by atoms with Gasteiger partial charge in [-0.05, 0) is 37.6 Å². The van der Waals surface area contributed by atoms with Gasteiger partial charge in [0.25, 0.3) is 5.69 Å². The van der Waals surface area contributed by atoms with Crippen molar-refractivity contribution in [1.29, 1.82) is 0 Å². The summed E-state index contributed by atoms with van der Waals surface area (Å²) in [5.41, 5.74) is 4.30. The summed E-state index contributed by atoms with van der Waals surface area (Å²) in [5, 5.41) is 14.8. The zero-order valence-corrected chi connectivity index (χ0v) is 14.4. The van der Waals surface area contributed by atoms with Crippen LogP contribution in [0.5, 0.6) is 11.5 Å². The van der Waals surface area contributed by atoms with Crippen molar-refractivity contribution in [3.63, 3.8) is 0 Å². The van der Waals surface area contributed by atoms with E-state index in [1.54, 1.807) is 25.5 Å². The quantitative estimate of drug-likeness (QED) is 0.440. The number of para-hydroxylation sites is 1. The first kappa shape index (κ1) is 18.3. The fourth-order valence-electron chi connectivity index (χ4n) is 2.04. The highest BCUT2D eigenvalue weighted by molar-refractivity contribution is 5.85. The van der Waals surface area contributed by atoms with Crippen molar-refractivity contribution in [2.24, 2.45) is 5.10 Å². The van der Waals surface area contributed by atoms with Gasteiger partial charge in [-0.15, -0.1) is 0 Å². The average molecular weight is 343 g/mol. The lowest BCUT2D eigenvalue weighted by molar-refractivity contribution is -0.384. The predicted molar refractivity (Wildman–Crippen MR) is 97.7 cm³/mol. The maximum Gasteiger partial charge on any atom is 0.269 e. The van der Waals surface area contributed by atoms with E-state index in [0.29, 0.717) is 17.2 Å². The summed E-state index contributed by atoms with van der Waals surface area (Å²) in [6, 6.07) is 11.6. The van der Waals surface area contributed by atoms with Crippen LogP contribution in [0.15, 0.2) is 47.6 Å². The van der Waals surface area contributed by atoms with Crippen LogP contribution in [0, 0.1) is 10.1 Å². The summed E-state index contributed by atoms with van der Waals surface area (Å²) in [6.07, 6.45) is 2.54. The number of methoxy groups -OCH3 is 1. The predicted octanol–water partition coefficient (Wildman–Crippen LogP) is 4.23. The summed E-state index contributed by atoms with van der Waals surface area (Å²) in [5.74, 6) is 1.27. The number of hydrazone groups is 1. The molecule has 0 radical (unpaired) electrons. The number of nitro groups is 1. The molecule has 0 aliphatic rings. The number of ether oxygens (including phenoxy) is 2. The van der Waals surface area contributed by atoms with Crippen LogP contribution in [-0.4, -0.2) is 24.4 Å². The smallest absolute Gasteiger partial charge is 0.269 e. The van der Waals surface area contributed by atoms with Gasteiger partial charge in [-0.25, -0.2) is 0 Å². The highest BCUT2D eigenvalue weighted by Gasteiger charge is 2.12. The Morgan fingerprint density at radius 1 is 1.28 bits per heavy atom. The number of nitrogens with one attached hydrogen (secondary N) is 1. The van der Waals surface area contributed by atoms with Gasteiger partial charge in [0.1, 0.15) is 0 Å². The van der Waals surface area contributed by atoms with Crippen LogP contribution in [0.1, 0.15) is 25.8 Å². The van der Waals surface area contributed by atoms with Crippen LogP contribution in [0.4, 0.5) is 11.4 Å². The largest absolute Gasteiger partial charge is 0.493 e. The van der Waals surface area contributed by atoms with Gasteiger partial charge in [0.15, 0.2) is 11.5 Å². The van der Waals surface area contributed by atoms with E-state index in [9.17, 15) is 10.1 Å². The Labute approximate surface area is 146 Å². The second-order valence-corrected chi connectivity index (χ2v) is 5.39. The summed E-state index contributed by atoms with van der Waals surface area (Å²) >= 11 is 0.